The molecule has 0 radical (unpaired) electrons. The van der Waals surface area contributed by atoms with Crippen LogP contribution in [-0.4, -0.2) is 24.7 Å². The van der Waals surface area contributed by atoms with Gasteiger partial charge in [-0.15, -0.1) is 0 Å². The fourth-order valence-electron chi connectivity index (χ4n) is 3.32. The van der Waals surface area contributed by atoms with E-state index in [1.807, 2.05) is 43.8 Å². The molecule has 7 heteroatoms. The summed E-state index contributed by atoms with van der Waals surface area (Å²) in [6.45, 7) is 2.11. The Morgan fingerprint density at radius 1 is 0.871 bits per heavy atom. The van der Waals surface area contributed by atoms with Gasteiger partial charge in [0.15, 0.2) is 0 Å². The Kier molecular flexibility index (Phi) is 5.09. The summed E-state index contributed by atoms with van der Waals surface area (Å²) in [6.07, 6.45) is 9.21. The minimum absolute atomic E-state index is 0.806. The van der Waals surface area contributed by atoms with Crippen molar-refractivity contribution in [3.63, 3.8) is 0 Å². The van der Waals surface area contributed by atoms with Gasteiger partial charge in [0.25, 0.3) is 0 Å². The van der Waals surface area contributed by atoms with Crippen molar-refractivity contribution in [2.45, 2.75) is 11.8 Å². The molecule has 0 saturated carbocycles. The predicted molar refractivity (Wildman–Crippen MR) is 126 cm³/mol. The molecule has 152 valence electrons. The maximum atomic E-state index is 4.80. The van der Waals surface area contributed by atoms with Gasteiger partial charge in [-0.2, -0.15) is 5.10 Å². The lowest BCUT2D eigenvalue weighted by molar-refractivity contribution is 0.768. The first-order valence-corrected chi connectivity index (χ1v) is 10.7. The van der Waals surface area contributed by atoms with E-state index in [-0.39, 0.29) is 0 Å². The monoisotopic (exact) mass is 424 g/mol. The Hall–Kier alpha value is -3.71. The Balaban J connectivity index is 1.43. The van der Waals surface area contributed by atoms with E-state index in [4.69, 9.17) is 4.98 Å². The first kappa shape index (κ1) is 19.3. The third-order valence-electron chi connectivity index (χ3n) is 4.99. The number of benzene rings is 2. The lowest BCUT2D eigenvalue weighted by Gasteiger charge is -2.09. The number of nitrogens with one attached hydrogen (secondary N) is 1. The van der Waals surface area contributed by atoms with E-state index in [1.165, 1.54) is 10.5 Å². The molecule has 3 heterocycles. The first-order valence-electron chi connectivity index (χ1n) is 9.85. The number of aromatic nitrogens is 5. The Morgan fingerprint density at radius 3 is 2.61 bits per heavy atom. The minimum Gasteiger partial charge on any atom is -0.324 e. The topological polar surface area (TPSA) is 68.5 Å². The average Bonchev–Trinajstić information content (AvgIpc) is 3.24. The largest absolute Gasteiger partial charge is 0.324 e. The van der Waals surface area contributed by atoms with Gasteiger partial charge in [0.05, 0.1) is 41.0 Å². The lowest BCUT2D eigenvalue weighted by Crippen LogP contribution is -1.92. The summed E-state index contributed by atoms with van der Waals surface area (Å²) in [5.41, 5.74) is 7.69. The van der Waals surface area contributed by atoms with E-state index in [0.29, 0.717) is 0 Å². The fourth-order valence-corrected chi connectivity index (χ4v) is 4.04. The van der Waals surface area contributed by atoms with Crippen molar-refractivity contribution < 1.29 is 0 Å². The van der Waals surface area contributed by atoms with Gasteiger partial charge in [-0.3, -0.25) is 14.6 Å². The zero-order valence-corrected chi connectivity index (χ0v) is 18.0. The molecule has 5 aromatic rings. The molecule has 0 aliphatic heterocycles. The van der Waals surface area contributed by atoms with Gasteiger partial charge < -0.3 is 4.72 Å². The molecule has 5 rings (SSSR count). The lowest BCUT2D eigenvalue weighted by atomic mass is 10.1. The maximum absolute atomic E-state index is 4.80. The van der Waals surface area contributed by atoms with Crippen LogP contribution in [0.5, 0.6) is 0 Å². The number of hydrogen-bond acceptors (Lipinski definition) is 6. The van der Waals surface area contributed by atoms with Gasteiger partial charge in [-0.25, -0.2) is 4.98 Å². The van der Waals surface area contributed by atoms with Gasteiger partial charge in [-0.05, 0) is 54.3 Å². The SMILES string of the molecule is Cc1ccccc1SNc1cncc(-c2ccc3ncc(-c4cnn(C)c4)nc3c2)c1. The zero-order valence-electron chi connectivity index (χ0n) is 17.1. The molecule has 0 spiro atoms. The highest BCUT2D eigenvalue weighted by molar-refractivity contribution is 8.00. The van der Waals surface area contributed by atoms with Crippen LogP contribution in [0.15, 0.2) is 84.4 Å². The van der Waals surface area contributed by atoms with Gasteiger partial charge in [-0.1, -0.05) is 24.3 Å². The second kappa shape index (κ2) is 8.20. The van der Waals surface area contributed by atoms with Crippen LogP contribution in [0.2, 0.25) is 0 Å². The van der Waals surface area contributed by atoms with Crippen molar-refractivity contribution in [1.82, 2.24) is 24.7 Å². The molecule has 0 atom stereocenters. The number of aryl methyl sites for hydroxylation is 2. The number of nitrogens with zero attached hydrogens (tertiary/aromatic N) is 5. The second-order valence-electron chi connectivity index (χ2n) is 7.29. The van der Waals surface area contributed by atoms with E-state index >= 15 is 0 Å². The minimum atomic E-state index is 0.806. The summed E-state index contributed by atoms with van der Waals surface area (Å²) in [5.74, 6) is 0. The van der Waals surface area contributed by atoms with Crippen LogP contribution in [0.1, 0.15) is 5.56 Å². The number of rotatable bonds is 5. The Morgan fingerprint density at radius 2 is 1.77 bits per heavy atom. The van der Waals surface area contributed by atoms with Crippen molar-refractivity contribution in [2.24, 2.45) is 7.05 Å². The number of fused-ring (bicyclic) bond motifs is 1. The molecule has 31 heavy (non-hydrogen) atoms. The van der Waals surface area contributed by atoms with Crippen molar-refractivity contribution in [3.05, 3.63) is 85.1 Å². The molecular weight excluding hydrogens is 404 g/mol. The molecule has 3 aromatic heterocycles. The van der Waals surface area contributed by atoms with Crippen molar-refractivity contribution >= 4 is 28.7 Å². The highest BCUT2D eigenvalue weighted by Gasteiger charge is 2.08. The fraction of sp³-hybridized carbons (Fsp3) is 0.0833. The highest BCUT2D eigenvalue weighted by atomic mass is 32.2. The molecule has 1 N–H and O–H groups in total. The number of hydrogen-bond donors (Lipinski definition) is 1. The smallest absolute Gasteiger partial charge is 0.0924 e. The van der Waals surface area contributed by atoms with E-state index in [9.17, 15) is 0 Å². The van der Waals surface area contributed by atoms with Gasteiger partial charge in [0, 0.05) is 35.5 Å². The number of pyridine rings is 1. The van der Waals surface area contributed by atoms with Crippen molar-refractivity contribution in [1.29, 1.82) is 0 Å². The van der Waals surface area contributed by atoms with Crippen LogP contribution < -0.4 is 4.72 Å². The summed E-state index contributed by atoms with van der Waals surface area (Å²) in [4.78, 5) is 15.0. The summed E-state index contributed by atoms with van der Waals surface area (Å²) in [5, 5.41) is 4.22. The standard InChI is InChI=1S/C24H20N6S/c1-16-5-3-4-6-24(16)31-29-20-9-18(11-25-13-20)17-7-8-21-22(10-17)28-23(14-26-21)19-12-27-30(2)15-19/h3-15,29H,1-2H3. The molecule has 0 unspecified atom stereocenters. The highest BCUT2D eigenvalue weighted by Crippen LogP contribution is 2.28. The Labute approximate surface area is 184 Å². The maximum Gasteiger partial charge on any atom is 0.0924 e. The molecule has 0 amide bonds. The molecule has 0 saturated heterocycles. The van der Waals surface area contributed by atoms with Crippen LogP contribution in [0.3, 0.4) is 0 Å². The number of anilines is 1. The van der Waals surface area contributed by atoms with Crippen LogP contribution in [-0.2, 0) is 7.05 Å². The van der Waals surface area contributed by atoms with E-state index in [0.717, 1.165) is 39.1 Å². The van der Waals surface area contributed by atoms with E-state index < -0.39 is 0 Å². The molecule has 0 aliphatic rings. The summed E-state index contributed by atoms with van der Waals surface area (Å²) in [6, 6.07) is 16.5. The predicted octanol–water partition coefficient (Wildman–Crippen LogP) is 5.52. The normalized spacial score (nSPS) is 11.0. The molecule has 6 nitrogen and oxygen atoms in total. The van der Waals surface area contributed by atoms with Crippen molar-refractivity contribution in [2.75, 3.05) is 4.72 Å². The van der Waals surface area contributed by atoms with Crippen LogP contribution >= 0.6 is 11.9 Å². The van der Waals surface area contributed by atoms with Gasteiger partial charge >= 0.3 is 0 Å². The third-order valence-corrected chi connectivity index (χ3v) is 6.00. The van der Waals surface area contributed by atoms with Crippen molar-refractivity contribution in [3.8, 4) is 22.4 Å². The zero-order chi connectivity index (χ0) is 21.2. The van der Waals surface area contributed by atoms with Gasteiger partial charge in [0.1, 0.15) is 0 Å². The van der Waals surface area contributed by atoms with E-state index in [1.54, 1.807) is 29.0 Å². The third kappa shape index (κ3) is 4.13. The summed E-state index contributed by atoms with van der Waals surface area (Å²) < 4.78 is 5.16. The summed E-state index contributed by atoms with van der Waals surface area (Å²) in [7, 11) is 1.89. The van der Waals surface area contributed by atoms with Crippen LogP contribution in [0, 0.1) is 6.92 Å². The second-order valence-corrected chi connectivity index (χ2v) is 8.14. The van der Waals surface area contributed by atoms with Gasteiger partial charge in [0.2, 0.25) is 0 Å². The average molecular weight is 425 g/mol. The quantitative estimate of drug-likeness (QED) is 0.375. The summed E-state index contributed by atoms with van der Waals surface area (Å²) >= 11 is 1.59. The molecule has 0 aliphatic carbocycles. The van der Waals surface area contributed by atoms with E-state index in [2.05, 4.69) is 57.0 Å². The van der Waals surface area contributed by atoms with Crippen LogP contribution in [0.4, 0.5) is 5.69 Å². The molecule has 0 fully saturated rings. The molecular formula is C24H20N6S. The first-order chi connectivity index (χ1) is 15.2. The Bertz CT molecular complexity index is 1380. The van der Waals surface area contributed by atoms with Crippen LogP contribution in [0.25, 0.3) is 33.4 Å². The molecule has 0 bridgehead atoms. The molecule has 2 aromatic carbocycles.